The Morgan fingerprint density at radius 1 is 1.06 bits per heavy atom. The van der Waals surface area contributed by atoms with Gasteiger partial charge in [-0.2, -0.15) is 0 Å². The summed E-state index contributed by atoms with van der Waals surface area (Å²) < 4.78 is 99.5. The predicted molar refractivity (Wildman–Crippen MR) is 133 cm³/mol. The molecule has 2 saturated heterocycles. The maximum Gasteiger partial charge on any atom is 0.336 e. The number of hydrogen-bond acceptors (Lipinski definition) is 2. The van der Waals surface area contributed by atoms with Crippen LogP contribution in [0, 0.1) is 0 Å². The van der Waals surface area contributed by atoms with Gasteiger partial charge in [0.2, 0.25) is 0 Å². The number of hydrogen-bond donors (Lipinski definition) is 1. The number of benzene rings is 2. The second-order valence-electron chi connectivity index (χ2n) is 8.68. The Kier molecular flexibility index (Phi) is 2.47. The van der Waals surface area contributed by atoms with Gasteiger partial charge < -0.3 is 10.0 Å². The lowest BCUT2D eigenvalue weighted by Gasteiger charge is -2.41. The molecule has 2 aromatic rings. The first kappa shape index (κ1) is 11.1. The van der Waals surface area contributed by atoms with Crippen LogP contribution in [0.4, 0.5) is 5.69 Å². The van der Waals surface area contributed by atoms with Crippen molar-refractivity contribution in [3.05, 3.63) is 94.1 Å². The first-order valence-electron chi connectivity index (χ1n) is 16.6. The molecule has 2 fully saturated rings. The van der Waals surface area contributed by atoms with Crippen molar-refractivity contribution in [2.75, 3.05) is 30.9 Å². The van der Waals surface area contributed by atoms with Crippen molar-refractivity contribution in [1.82, 2.24) is 0 Å². The zero-order chi connectivity index (χ0) is 33.5. The average molecular weight is 450 g/mol. The average Bonchev–Trinajstić information content (AvgIpc) is 2.93. The van der Waals surface area contributed by atoms with Crippen LogP contribution in [0.2, 0.25) is 0 Å². The molecule has 166 valence electrons. The first-order chi connectivity index (χ1) is 20.5. The molecule has 2 heterocycles. The summed E-state index contributed by atoms with van der Waals surface area (Å²) in [5.74, 6) is -1.19. The number of aromatic carboxylic acids is 1. The SMILES string of the molecule is [2H]C1([2H])N(c2ccc3c(c2)C(C)(C)C2=CC(=[N+]4C([2H])([2H])C([2H])([2H])C4([2H])[2H])C=CC2=C3c2ccccc2C(=O)O)C([2H])([2H])C1([2H])[2H]. The van der Waals surface area contributed by atoms with Crippen molar-refractivity contribution >= 4 is 22.9 Å². The molecule has 33 heavy (non-hydrogen) atoms. The number of anilines is 1. The van der Waals surface area contributed by atoms with Gasteiger partial charge >= 0.3 is 5.97 Å². The molecule has 0 aromatic heterocycles. The van der Waals surface area contributed by atoms with Crippen LogP contribution >= 0.6 is 0 Å². The molecule has 0 amide bonds. The topological polar surface area (TPSA) is 43.5 Å². The Morgan fingerprint density at radius 3 is 2.64 bits per heavy atom. The van der Waals surface area contributed by atoms with Crippen LogP contribution in [0.15, 0.2) is 71.8 Å². The number of nitrogens with zero attached hydrogens (tertiary/aromatic N) is 2. The Labute approximate surface area is 211 Å². The van der Waals surface area contributed by atoms with E-state index >= 15 is 0 Å². The Hall–Kier alpha value is -3.40. The highest BCUT2D eigenvalue weighted by Gasteiger charge is 2.40. The number of rotatable bonds is 3. The lowest BCUT2D eigenvalue weighted by atomic mass is 9.64. The van der Waals surface area contributed by atoms with Crippen LogP contribution in [0.3, 0.4) is 0 Å². The van der Waals surface area contributed by atoms with Crippen LogP contribution in [-0.4, -0.2) is 47.4 Å². The van der Waals surface area contributed by atoms with Gasteiger partial charge in [-0.3, -0.25) is 0 Å². The third-order valence-corrected chi connectivity index (χ3v) is 6.51. The summed E-state index contributed by atoms with van der Waals surface area (Å²) in [6.45, 7) is -7.13. The molecule has 1 N–H and O–H groups in total. The van der Waals surface area contributed by atoms with E-state index in [9.17, 15) is 9.90 Å². The molecule has 4 heteroatoms. The molecule has 4 aliphatic rings. The normalized spacial score (nSPS) is 35.1. The predicted octanol–water partition coefficient (Wildman–Crippen LogP) is 5.04. The largest absolute Gasteiger partial charge is 0.478 e. The van der Waals surface area contributed by atoms with Crippen molar-refractivity contribution in [2.45, 2.75) is 32.0 Å². The van der Waals surface area contributed by atoms with Crippen LogP contribution in [0.25, 0.3) is 5.57 Å². The molecule has 6 rings (SSSR count). The number of carboxylic acid groups (broad SMARTS) is 1. The number of fused-ring (bicyclic) bond motifs is 2. The van der Waals surface area contributed by atoms with E-state index in [1.54, 1.807) is 42.5 Å². The fourth-order valence-corrected chi connectivity index (χ4v) is 4.76. The van der Waals surface area contributed by atoms with Gasteiger partial charge in [-0.05, 0) is 64.1 Å². The summed E-state index contributed by atoms with van der Waals surface area (Å²) in [5.41, 5.74) is 2.09. The molecule has 0 radical (unpaired) electrons. The molecule has 2 aliphatic carbocycles. The second-order valence-corrected chi connectivity index (χ2v) is 8.68. The van der Waals surface area contributed by atoms with Crippen LogP contribution < -0.4 is 4.90 Å². The summed E-state index contributed by atoms with van der Waals surface area (Å²) >= 11 is 0. The molecule has 0 spiro atoms. The minimum atomic E-state index is -2.81. The zero-order valence-corrected chi connectivity index (χ0v) is 18.0. The molecular formula is C29H29N2O2+. The van der Waals surface area contributed by atoms with Crippen molar-refractivity contribution in [1.29, 1.82) is 0 Å². The molecule has 0 bridgehead atoms. The summed E-state index contributed by atoms with van der Waals surface area (Å²) in [4.78, 5) is 13.1. The van der Waals surface area contributed by atoms with Crippen molar-refractivity contribution in [3.63, 3.8) is 0 Å². The highest BCUT2D eigenvalue weighted by Crippen LogP contribution is 2.51. The summed E-state index contributed by atoms with van der Waals surface area (Å²) in [6.07, 6.45) is -0.998. The van der Waals surface area contributed by atoms with Crippen LogP contribution in [0.1, 0.15) is 70.1 Å². The van der Waals surface area contributed by atoms with Crippen LogP contribution in [-0.2, 0) is 5.41 Å². The third-order valence-electron chi connectivity index (χ3n) is 6.51. The van der Waals surface area contributed by atoms with Gasteiger partial charge in [-0.25, -0.2) is 9.37 Å². The maximum absolute atomic E-state index is 12.3. The monoisotopic (exact) mass is 449 g/mol. The van der Waals surface area contributed by atoms with E-state index in [2.05, 4.69) is 0 Å². The number of carboxylic acids is 1. The second kappa shape index (κ2) is 7.31. The Morgan fingerprint density at radius 2 is 1.85 bits per heavy atom. The number of allylic oxidation sites excluding steroid dienone is 5. The standard InChI is InChI=1S/C29H28N2O2/c1-29(2)25-17-19(30-13-5-14-30)9-11-23(25)27(21-7-3-4-8-22(21)28(32)33)24-12-10-20(18-26(24)29)31-15-6-16-31/h3-4,7-12,17-18H,5-6,13-16H2,1-2H3/p+1/i5D2,6D2,13D2,14D2,15D2,16D2. The van der Waals surface area contributed by atoms with E-state index in [1.165, 1.54) is 18.2 Å². The van der Waals surface area contributed by atoms with Gasteiger partial charge in [0.25, 0.3) is 0 Å². The molecule has 0 unspecified atom stereocenters. The van der Waals surface area contributed by atoms with Gasteiger partial charge in [0.1, 0.15) is 18.5 Å². The quantitative estimate of drug-likeness (QED) is 0.668. The number of carbonyl (C=O) groups is 1. The van der Waals surface area contributed by atoms with E-state index < -0.39 is 50.1 Å². The fraction of sp³-hybridized carbons (Fsp3) is 0.310. The molecule has 2 aliphatic heterocycles. The summed E-state index contributed by atoms with van der Waals surface area (Å²) in [6, 6.07) is 11.0. The minimum absolute atomic E-state index is 0.00975. The first-order valence-corrected chi connectivity index (χ1v) is 10.6. The zero-order valence-electron chi connectivity index (χ0n) is 30.0. The Bertz CT molecular complexity index is 1800. The van der Waals surface area contributed by atoms with Gasteiger partial charge in [0, 0.05) is 47.2 Å². The van der Waals surface area contributed by atoms with Crippen molar-refractivity contribution < 1.29 is 30.9 Å². The molecule has 2 aromatic carbocycles. The van der Waals surface area contributed by atoms with Gasteiger partial charge in [0.15, 0.2) is 5.71 Å². The van der Waals surface area contributed by atoms with Crippen molar-refractivity contribution in [3.8, 4) is 0 Å². The van der Waals surface area contributed by atoms with Gasteiger partial charge in [0.05, 0.1) is 11.9 Å². The van der Waals surface area contributed by atoms with E-state index in [4.69, 9.17) is 16.4 Å². The third kappa shape index (κ3) is 3.04. The van der Waals surface area contributed by atoms with Gasteiger partial charge in [-0.15, -0.1) is 0 Å². The lowest BCUT2D eigenvalue weighted by Crippen LogP contribution is -2.38. The molecular weight excluding hydrogens is 408 g/mol. The smallest absolute Gasteiger partial charge is 0.336 e. The van der Waals surface area contributed by atoms with E-state index in [1.807, 2.05) is 13.8 Å². The maximum atomic E-state index is 12.3. The van der Waals surface area contributed by atoms with E-state index in [0.29, 0.717) is 33.4 Å². The van der Waals surface area contributed by atoms with E-state index in [-0.39, 0.29) is 17.0 Å². The van der Waals surface area contributed by atoms with Crippen molar-refractivity contribution in [2.24, 2.45) is 0 Å². The van der Waals surface area contributed by atoms with Crippen LogP contribution in [0.5, 0.6) is 0 Å². The van der Waals surface area contributed by atoms with Gasteiger partial charge in [-0.1, -0.05) is 38.1 Å². The fourth-order valence-electron chi connectivity index (χ4n) is 4.76. The molecule has 0 atom stereocenters. The van der Waals surface area contributed by atoms with E-state index in [0.717, 1.165) is 9.48 Å². The minimum Gasteiger partial charge on any atom is -0.478 e. The highest BCUT2D eigenvalue weighted by atomic mass is 16.4. The highest BCUT2D eigenvalue weighted by molar-refractivity contribution is 6.08. The Balaban J connectivity index is 1.65. The molecule has 4 nitrogen and oxygen atoms in total. The summed E-state index contributed by atoms with van der Waals surface area (Å²) in [5, 5.41) is 10.1. The lowest BCUT2D eigenvalue weighted by molar-refractivity contribution is -0.582. The summed E-state index contributed by atoms with van der Waals surface area (Å²) in [7, 11) is 0. The molecule has 0 saturated carbocycles.